The van der Waals surface area contributed by atoms with Crippen LogP contribution in [-0.4, -0.2) is 25.8 Å². The third-order valence-corrected chi connectivity index (χ3v) is 3.27. The van der Waals surface area contributed by atoms with E-state index in [1.807, 2.05) is 6.07 Å². The average Bonchev–Trinajstić information content (AvgIpc) is 2.38. The first-order valence-corrected chi connectivity index (χ1v) is 6.09. The fourth-order valence-electron chi connectivity index (χ4n) is 2.31. The minimum absolute atomic E-state index is 0.226. The van der Waals surface area contributed by atoms with Gasteiger partial charge in [0.1, 0.15) is 5.82 Å². The van der Waals surface area contributed by atoms with Gasteiger partial charge in [0.2, 0.25) is 0 Å². The molecule has 4 heteroatoms. The summed E-state index contributed by atoms with van der Waals surface area (Å²) >= 11 is 0. The van der Waals surface area contributed by atoms with Gasteiger partial charge >= 0.3 is 0 Å². The van der Waals surface area contributed by atoms with Crippen molar-refractivity contribution in [1.82, 2.24) is 0 Å². The Balaban J connectivity index is 2.30. The molecule has 1 unspecified atom stereocenters. The highest BCUT2D eigenvalue weighted by Crippen LogP contribution is 2.26. The molecule has 1 heterocycles. The lowest BCUT2D eigenvalue weighted by Gasteiger charge is -2.38. The maximum Gasteiger partial charge on any atom is 0.123 e. The number of ether oxygens (including phenoxy) is 1. The Hall–Kier alpha value is -1.13. The number of hydrogen-bond acceptors (Lipinski definition) is 3. The molecule has 1 aromatic rings. The number of nitrogens with zero attached hydrogens (tertiary/aromatic N) is 1. The fourth-order valence-corrected chi connectivity index (χ4v) is 2.31. The van der Waals surface area contributed by atoms with Gasteiger partial charge < -0.3 is 15.4 Å². The molecule has 0 amide bonds. The van der Waals surface area contributed by atoms with E-state index in [9.17, 15) is 4.39 Å². The van der Waals surface area contributed by atoms with E-state index in [1.54, 1.807) is 0 Å². The zero-order valence-electron chi connectivity index (χ0n) is 10.2. The smallest absolute Gasteiger partial charge is 0.123 e. The van der Waals surface area contributed by atoms with Gasteiger partial charge in [-0.2, -0.15) is 0 Å². The molecule has 3 nitrogen and oxygen atoms in total. The second-order valence-corrected chi connectivity index (χ2v) is 4.31. The van der Waals surface area contributed by atoms with E-state index in [-0.39, 0.29) is 5.82 Å². The van der Waals surface area contributed by atoms with Crippen LogP contribution in [0, 0.1) is 5.82 Å². The number of rotatable bonds is 3. The molecule has 0 radical (unpaired) electrons. The summed E-state index contributed by atoms with van der Waals surface area (Å²) in [4.78, 5) is 2.28. The summed E-state index contributed by atoms with van der Waals surface area (Å²) in [7, 11) is 0. The van der Waals surface area contributed by atoms with Gasteiger partial charge in [0.05, 0.1) is 19.3 Å². The summed E-state index contributed by atoms with van der Waals surface area (Å²) in [6.45, 7) is 4.80. The molecule has 1 aromatic carbocycles. The topological polar surface area (TPSA) is 38.5 Å². The van der Waals surface area contributed by atoms with Crippen LogP contribution in [-0.2, 0) is 11.3 Å². The molecule has 1 atom stereocenters. The van der Waals surface area contributed by atoms with Crippen LogP contribution in [0.1, 0.15) is 18.9 Å². The first-order valence-electron chi connectivity index (χ1n) is 6.09. The number of anilines is 1. The van der Waals surface area contributed by atoms with Crippen molar-refractivity contribution in [3.8, 4) is 0 Å². The number of hydrogen-bond donors (Lipinski definition) is 1. The molecule has 0 aliphatic carbocycles. The molecule has 2 N–H and O–H groups in total. The van der Waals surface area contributed by atoms with Gasteiger partial charge in [0, 0.05) is 18.8 Å². The zero-order chi connectivity index (χ0) is 12.3. The fraction of sp³-hybridized carbons (Fsp3) is 0.538. The van der Waals surface area contributed by atoms with Gasteiger partial charge in [0.25, 0.3) is 0 Å². The Bertz CT molecular complexity index is 384. The summed E-state index contributed by atoms with van der Waals surface area (Å²) in [5.74, 6) is -0.226. The molecular formula is C13H19FN2O. The second-order valence-electron chi connectivity index (χ2n) is 4.31. The molecule has 2 rings (SSSR count). The maximum absolute atomic E-state index is 13.2. The van der Waals surface area contributed by atoms with Crippen LogP contribution in [0.3, 0.4) is 0 Å². The lowest BCUT2D eigenvalue weighted by atomic mass is 10.1. The maximum atomic E-state index is 13.2. The van der Waals surface area contributed by atoms with Crippen molar-refractivity contribution in [3.05, 3.63) is 29.6 Å². The molecule has 1 aliphatic rings. The predicted molar refractivity (Wildman–Crippen MR) is 66.5 cm³/mol. The first-order chi connectivity index (χ1) is 8.26. The number of morpholine rings is 1. The highest BCUT2D eigenvalue weighted by atomic mass is 19.1. The summed E-state index contributed by atoms with van der Waals surface area (Å²) in [6.07, 6.45) is 1.02. The van der Waals surface area contributed by atoms with Gasteiger partial charge in [-0.15, -0.1) is 0 Å². The number of halogens is 1. The quantitative estimate of drug-likeness (QED) is 0.874. The highest BCUT2D eigenvalue weighted by molar-refractivity contribution is 5.55. The summed E-state index contributed by atoms with van der Waals surface area (Å²) in [6, 6.07) is 5.21. The Labute approximate surface area is 101 Å². The van der Waals surface area contributed by atoms with E-state index < -0.39 is 0 Å². The predicted octanol–water partition coefficient (Wildman–Crippen LogP) is 1.90. The Morgan fingerprint density at radius 1 is 1.53 bits per heavy atom. The van der Waals surface area contributed by atoms with E-state index in [4.69, 9.17) is 10.5 Å². The number of nitrogens with two attached hydrogens (primary N) is 1. The van der Waals surface area contributed by atoms with Gasteiger partial charge in [-0.05, 0) is 30.2 Å². The normalized spacial score (nSPS) is 20.6. The van der Waals surface area contributed by atoms with Crippen molar-refractivity contribution >= 4 is 5.69 Å². The minimum Gasteiger partial charge on any atom is -0.377 e. The van der Waals surface area contributed by atoms with Crippen molar-refractivity contribution in [2.45, 2.75) is 25.9 Å². The SMILES string of the molecule is CCC1COCCN1c1ccc(F)cc1CN. The van der Waals surface area contributed by atoms with Crippen molar-refractivity contribution in [3.63, 3.8) is 0 Å². The molecule has 0 spiro atoms. The van der Waals surface area contributed by atoms with Crippen molar-refractivity contribution in [2.24, 2.45) is 5.73 Å². The molecule has 1 fully saturated rings. The highest BCUT2D eigenvalue weighted by Gasteiger charge is 2.23. The molecule has 1 aliphatic heterocycles. The molecule has 17 heavy (non-hydrogen) atoms. The van der Waals surface area contributed by atoms with E-state index in [0.29, 0.717) is 12.6 Å². The average molecular weight is 238 g/mol. The standard InChI is InChI=1S/C13H19FN2O/c1-2-12-9-17-6-5-16(12)13-4-3-11(14)7-10(13)8-15/h3-4,7,12H,2,5-6,8-9,15H2,1H3. The minimum atomic E-state index is -0.226. The van der Waals surface area contributed by atoms with Gasteiger partial charge in [-0.3, -0.25) is 0 Å². The van der Waals surface area contributed by atoms with Crippen LogP contribution >= 0.6 is 0 Å². The summed E-state index contributed by atoms with van der Waals surface area (Å²) in [5, 5.41) is 0. The van der Waals surface area contributed by atoms with Crippen LogP contribution in [0.25, 0.3) is 0 Å². The molecule has 0 aromatic heterocycles. The van der Waals surface area contributed by atoms with Gasteiger partial charge in [-0.25, -0.2) is 4.39 Å². The lowest BCUT2D eigenvalue weighted by Crippen LogP contribution is -2.45. The lowest BCUT2D eigenvalue weighted by molar-refractivity contribution is 0.0929. The molecule has 94 valence electrons. The Morgan fingerprint density at radius 3 is 3.06 bits per heavy atom. The van der Waals surface area contributed by atoms with Gasteiger partial charge in [-0.1, -0.05) is 6.92 Å². The summed E-state index contributed by atoms with van der Waals surface area (Å²) < 4.78 is 18.7. The van der Waals surface area contributed by atoms with Crippen LogP contribution in [0.4, 0.5) is 10.1 Å². The molecule has 1 saturated heterocycles. The van der Waals surface area contributed by atoms with E-state index in [2.05, 4.69) is 11.8 Å². The third kappa shape index (κ3) is 2.58. The summed E-state index contributed by atoms with van der Waals surface area (Å²) in [5.41, 5.74) is 7.60. The van der Waals surface area contributed by atoms with Crippen molar-refractivity contribution in [2.75, 3.05) is 24.7 Å². The number of benzene rings is 1. The largest absolute Gasteiger partial charge is 0.377 e. The van der Waals surface area contributed by atoms with Gasteiger partial charge in [0.15, 0.2) is 0 Å². The van der Waals surface area contributed by atoms with Crippen LogP contribution in [0.5, 0.6) is 0 Å². The molecular weight excluding hydrogens is 219 g/mol. The van der Waals surface area contributed by atoms with Crippen LogP contribution in [0.2, 0.25) is 0 Å². The Morgan fingerprint density at radius 2 is 2.35 bits per heavy atom. The van der Waals surface area contributed by atoms with Crippen molar-refractivity contribution in [1.29, 1.82) is 0 Å². The van der Waals surface area contributed by atoms with Crippen LogP contribution in [0.15, 0.2) is 18.2 Å². The Kier molecular flexibility index (Phi) is 3.97. The van der Waals surface area contributed by atoms with E-state index in [0.717, 1.165) is 37.4 Å². The van der Waals surface area contributed by atoms with E-state index >= 15 is 0 Å². The third-order valence-electron chi connectivity index (χ3n) is 3.27. The van der Waals surface area contributed by atoms with E-state index in [1.165, 1.54) is 12.1 Å². The van der Waals surface area contributed by atoms with Crippen LogP contribution < -0.4 is 10.6 Å². The molecule has 0 saturated carbocycles. The second kappa shape index (κ2) is 5.47. The molecule has 0 bridgehead atoms. The van der Waals surface area contributed by atoms with Crippen molar-refractivity contribution < 1.29 is 9.13 Å². The monoisotopic (exact) mass is 238 g/mol. The first kappa shape index (κ1) is 12.3. The zero-order valence-corrected chi connectivity index (χ0v) is 10.2.